The van der Waals surface area contributed by atoms with Crippen molar-refractivity contribution in [1.82, 2.24) is 4.98 Å². The zero-order chi connectivity index (χ0) is 15.4. The second-order valence-corrected chi connectivity index (χ2v) is 5.80. The number of rotatable bonds is 4. The molecule has 0 saturated heterocycles. The Bertz CT molecular complexity index is 713. The van der Waals surface area contributed by atoms with Crippen LogP contribution in [0.1, 0.15) is 0 Å². The minimum atomic E-state index is -0.406. The highest BCUT2D eigenvalue weighted by molar-refractivity contribution is 7.81. The van der Waals surface area contributed by atoms with Crippen molar-refractivity contribution in [2.45, 2.75) is 0 Å². The molecule has 1 aromatic heterocycles. The normalized spacial score (nSPS) is 10.4. The summed E-state index contributed by atoms with van der Waals surface area (Å²) in [6.07, 6.45) is 0. The largest absolute Gasteiger partial charge is 0.397 e. The third-order valence-corrected chi connectivity index (χ3v) is 4.26. The van der Waals surface area contributed by atoms with E-state index in [1.807, 2.05) is 60.7 Å². The molecular formula is C17H13NO2S2. The lowest BCUT2D eigenvalue weighted by molar-refractivity contribution is -0.131. The Hall–Kier alpha value is -2.11. The number of nitrogens with zero attached hydrogens (tertiary/aromatic N) is 1. The molecule has 0 atom stereocenters. The van der Waals surface area contributed by atoms with Gasteiger partial charge in [-0.15, -0.1) is 0 Å². The van der Waals surface area contributed by atoms with Crippen LogP contribution in [0.2, 0.25) is 0 Å². The lowest BCUT2D eigenvalue weighted by atomic mass is 10.1. The maximum absolute atomic E-state index is 11.4. The van der Waals surface area contributed by atoms with Crippen molar-refractivity contribution in [2.24, 2.45) is 0 Å². The molecular weight excluding hydrogens is 314 g/mol. The van der Waals surface area contributed by atoms with Crippen molar-refractivity contribution in [2.75, 3.05) is 5.75 Å². The first-order chi connectivity index (χ1) is 10.8. The molecule has 0 aliphatic rings. The summed E-state index contributed by atoms with van der Waals surface area (Å²) >= 11 is 5.28. The van der Waals surface area contributed by atoms with Gasteiger partial charge in [0.05, 0.1) is 16.3 Å². The molecule has 0 aliphatic heterocycles. The molecule has 3 nitrogen and oxygen atoms in total. The number of thiazole rings is 1. The van der Waals surface area contributed by atoms with Crippen LogP contribution < -0.4 is 4.74 Å². The number of carbonyl (C=O) groups is 1. The van der Waals surface area contributed by atoms with Crippen molar-refractivity contribution in [3.8, 4) is 26.9 Å². The average Bonchev–Trinajstić information content (AvgIpc) is 3.00. The quantitative estimate of drug-likeness (QED) is 0.573. The Labute approximate surface area is 138 Å². The van der Waals surface area contributed by atoms with Gasteiger partial charge in [0.25, 0.3) is 5.19 Å². The van der Waals surface area contributed by atoms with E-state index in [4.69, 9.17) is 4.74 Å². The van der Waals surface area contributed by atoms with Gasteiger partial charge >= 0.3 is 5.97 Å². The fraction of sp³-hybridized carbons (Fsp3) is 0.0588. The summed E-state index contributed by atoms with van der Waals surface area (Å²) < 4.78 is 5.22. The highest BCUT2D eigenvalue weighted by Crippen LogP contribution is 2.39. The Morgan fingerprint density at radius 1 is 1.00 bits per heavy atom. The Balaban J connectivity index is 2.08. The summed E-state index contributed by atoms with van der Waals surface area (Å²) in [7, 11) is 0. The number of esters is 1. The first kappa shape index (κ1) is 14.8. The van der Waals surface area contributed by atoms with Gasteiger partial charge in [-0.2, -0.15) is 12.6 Å². The van der Waals surface area contributed by atoms with Gasteiger partial charge in [0.1, 0.15) is 0 Å². The van der Waals surface area contributed by atoms with E-state index < -0.39 is 5.97 Å². The maximum atomic E-state index is 11.4. The fourth-order valence-electron chi connectivity index (χ4n) is 2.05. The third kappa shape index (κ3) is 3.21. The fourth-order valence-corrected chi connectivity index (χ4v) is 3.08. The van der Waals surface area contributed by atoms with Crippen molar-refractivity contribution in [3.05, 3.63) is 60.7 Å². The second kappa shape index (κ2) is 6.77. The molecule has 110 valence electrons. The molecule has 0 aliphatic carbocycles. The standard InChI is InChI=1S/C17H13NO2S2/c19-14(11-21)20-17-18-15(12-7-3-1-4-8-12)16(22-17)13-9-5-2-6-10-13/h1-10,21H,11H2. The van der Waals surface area contributed by atoms with Gasteiger partial charge < -0.3 is 4.74 Å². The summed E-state index contributed by atoms with van der Waals surface area (Å²) in [5.41, 5.74) is 2.86. The first-order valence-corrected chi connectivity index (χ1v) is 8.16. The molecule has 5 heteroatoms. The van der Waals surface area contributed by atoms with E-state index in [-0.39, 0.29) is 5.75 Å². The Morgan fingerprint density at radius 2 is 1.59 bits per heavy atom. The van der Waals surface area contributed by atoms with E-state index in [9.17, 15) is 4.79 Å². The molecule has 0 radical (unpaired) electrons. The molecule has 1 heterocycles. The van der Waals surface area contributed by atoms with Crippen LogP contribution in [0.3, 0.4) is 0 Å². The predicted octanol–water partition coefficient (Wildman–Crippen LogP) is 4.31. The lowest BCUT2D eigenvalue weighted by Gasteiger charge is -2.01. The van der Waals surface area contributed by atoms with E-state index in [1.54, 1.807) is 0 Å². The van der Waals surface area contributed by atoms with Crippen LogP contribution in [0.4, 0.5) is 0 Å². The molecule has 0 amide bonds. The van der Waals surface area contributed by atoms with Gasteiger partial charge in [-0.3, -0.25) is 4.79 Å². The summed E-state index contributed by atoms with van der Waals surface area (Å²) in [6, 6.07) is 19.8. The SMILES string of the molecule is O=C(CS)Oc1nc(-c2ccccc2)c(-c2ccccc2)s1. The average molecular weight is 327 g/mol. The highest BCUT2D eigenvalue weighted by atomic mass is 32.1. The van der Waals surface area contributed by atoms with E-state index in [1.165, 1.54) is 11.3 Å². The van der Waals surface area contributed by atoms with Crippen LogP contribution in [-0.4, -0.2) is 16.7 Å². The van der Waals surface area contributed by atoms with Crippen molar-refractivity contribution < 1.29 is 9.53 Å². The number of hydrogen-bond donors (Lipinski definition) is 1. The van der Waals surface area contributed by atoms with Crippen LogP contribution in [0.5, 0.6) is 5.19 Å². The smallest absolute Gasteiger partial charge is 0.322 e. The second-order valence-electron chi connectivity index (χ2n) is 4.52. The van der Waals surface area contributed by atoms with Crippen molar-refractivity contribution >= 4 is 29.9 Å². The van der Waals surface area contributed by atoms with E-state index >= 15 is 0 Å². The summed E-state index contributed by atoms with van der Waals surface area (Å²) in [6.45, 7) is 0. The lowest BCUT2D eigenvalue weighted by Crippen LogP contribution is -2.08. The monoisotopic (exact) mass is 327 g/mol. The number of benzene rings is 2. The minimum absolute atomic E-state index is 0.0287. The first-order valence-electron chi connectivity index (χ1n) is 6.71. The van der Waals surface area contributed by atoms with Crippen molar-refractivity contribution in [1.29, 1.82) is 0 Å². The number of hydrogen-bond acceptors (Lipinski definition) is 5. The molecule has 2 aromatic carbocycles. The Kier molecular flexibility index (Phi) is 4.56. The molecule has 0 bridgehead atoms. The molecule has 3 rings (SSSR count). The molecule has 0 saturated carbocycles. The van der Waals surface area contributed by atoms with Crippen LogP contribution in [-0.2, 0) is 4.79 Å². The summed E-state index contributed by atoms with van der Waals surface area (Å²) in [4.78, 5) is 16.9. The topological polar surface area (TPSA) is 39.2 Å². The van der Waals surface area contributed by atoms with Gasteiger partial charge in [0.15, 0.2) is 0 Å². The molecule has 0 spiro atoms. The van der Waals surface area contributed by atoms with Crippen LogP contribution in [0, 0.1) is 0 Å². The zero-order valence-corrected chi connectivity index (χ0v) is 13.3. The van der Waals surface area contributed by atoms with E-state index in [0.29, 0.717) is 5.19 Å². The van der Waals surface area contributed by atoms with Crippen molar-refractivity contribution in [3.63, 3.8) is 0 Å². The number of carbonyl (C=O) groups excluding carboxylic acids is 1. The van der Waals surface area contributed by atoms with Crippen LogP contribution in [0.15, 0.2) is 60.7 Å². The zero-order valence-electron chi connectivity index (χ0n) is 11.6. The van der Waals surface area contributed by atoms with E-state index in [2.05, 4.69) is 17.6 Å². The van der Waals surface area contributed by atoms with Crippen LogP contribution in [0.25, 0.3) is 21.7 Å². The van der Waals surface area contributed by atoms with Gasteiger partial charge in [-0.1, -0.05) is 72.0 Å². The minimum Gasteiger partial charge on any atom is -0.397 e. The highest BCUT2D eigenvalue weighted by Gasteiger charge is 2.17. The van der Waals surface area contributed by atoms with Gasteiger partial charge in [-0.25, -0.2) is 4.98 Å². The van der Waals surface area contributed by atoms with Crippen LogP contribution >= 0.6 is 24.0 Å². The summed E-state index contributed by atoms with van der Waals surface area (Å²) in [5.74, 6) is -0.378. The molecule has 22 heavy (non-hydrogen) atoms. The molecule has 3 aromatic rings. The third-order valence-electron chi connectivity index (χ3n) is 3.02. The number of aromatic nitrogens is 1. The molecule has 0 N–H and O–H groups in total. The molecule has 0 fully saturated rings. The number of thiol groups is 1. The summed E-state index contributed by atoms with van der Waals surface area (Å²) in [5, 5.41) is 0.344. The van der Waals surface area contributed by atoms with E-state index in [0.717, 1.165) is 21.7 Å². The Morgan fingerprint density at radius 3 is 2.18 bits per heavy atom. The number of ether oxygens (including phenoxy) is 1. The maximum Gasteiger partial charge on any atom is 0.322 e. The molecule has 0 unspecified atom stereocenters. The van der Waals surface area contributed by atoms with Gasteiger partial charge in [-0.05, 0) is 5.56 Å². The predicted molar refractivity (Wildman–Crippen MR) is 92.5 cm³/mol. The van der Waals surface area contributed by atoms with Gasteiger partial charge in [0, 0.05) is 5.56 Å². The van der Waals surface area contributed by atoms with Gasteiger partial charge in [0.2, 0.25) is 0 Å².